The van der Waals surface area contributed by atoms with E-state index in [1.165, 1.54) is 30.6 Å². The Bertz CT molecular complexity index is 538. The van der Waals surface area contributed by atoms with Crippen LogP contribution in [0.2, 0.25) is 0 Å². The van der Waals surface area contributed by atoms with Gasteiger partial charge < -0.3 is 10.5 Å². The first-order valence-electron chi connectivity index (χ1n) is 4.64. The average molecular weight is 239 g/mol. The Hall–Kier alpha value is -1.46. The molecule has 1 aromatic heterocycles. The Kier molecular flexibility index (Phi) is 2.89. The Labute approximate surface area is 95.6 Å². The first kappa shape index (κ1) is 11.0. The molecule has 0 bridgehead atoms. The van der Waals surface area contributed by atoms with Gasteiger partial charge in [-0.3, -0.25) is 0 Å². The summed E-state index contributed by atoms with van der Waals surface area (Å²) in [4.78, 5) is 11.9. The van der Waals surface area contributed by atoms with E-state index in [2.05, 4.69) is 4.74 Å². The summed E-state index contributed by atoms with van der Waals surface area (Å²) in [7, 11) is 1.29. The number of rotatable bonds is 2. The van der Waals surface area contributed by atoms with Gasteiger partial charge in [0.05, 0.1) is 7.11 Å². The Balaban J connectivity index is 2.43. The number of carbonyl (C=O) groups is 1. The van der Waals surface area contributed by atoms with Gasteiger partial charge in [-0.05, 0) is 29.7 Å². The molecule has 2 N–H and O–H groups in total. The fourth-order valence-electron chi connectivity index (χ4n) is 1.43. The van der Waals surface area contributed by atoms with E-state index in [1.807, 2.05) is 0 Å². The highest BCUT2D eigenvalue weighted by Gasteiger charge is 2.18. The molecule has 5 heteroatoms. The van der Waals surface area contributed by atoms with Crippen molar-refractivity contribution >= 4 is 27.4 Å². The maximum absolute atomic E-state index is 13.0. The van der Waals surface area contributed by atoms with Gasteiger partial charge in [-0.2, -0.15) is 0 Å². The summed E-state index contributed by atoms with van der Waals surface area (Å²) in [5, 5.41) is 0.749. The van der Waals surface area contributed by atoms with E-state index in [1.54, 1.807) is 12.1 Å². The number of hydrogen-bond donors (Lipinski definition) is 1. The van der Waals surface area contributed by atoms with Crippen molar-refractivity contribution in [3.8, 4) is 0 Å². The van der Waals surface area contributed by atoms with Crippen LogP contribution < -0.4 is 5.73 Å². The third-order valence-corrected chi connectivity index (χ3v) is 3.46. The number of fused-ring (bicyclic) bond motifs is 1. The molecule has 84 valence electrons. The van der Waals surface area contributed by atoms with E-state index in [0.717, 1.165) is 10.1 Å². The molecule has 2 aromatic rings. The van der Waals surface area contributed by atoms with Crippen molar-refractivity contribution in [1.29, 1.82) is 0 Å². The maximum Gasteiger partial charge on any atom is 0.328 e. The lowest BCUT2D eigenvalue weighted by Gasteiger charge is -2.05. The van der Waals surface area contributed by atoms with Crippen LogP contribution in [0.1, 0.15) is 10.9 Å². The van der Waals surface area contributed by atoms with Crippen molar-refractivity contribution in [1.82, 2.24) is 0 Å². The molecule has 3 nitrogen and oxygen atoms in total. The van der Waals surface area contributed by atoms with Crippen molar-refractivity contribution in [2.45, 2.75) is 6.04 Å². The summed E-state index contributed by atoms with van der Waals surface area (Å²) in [6, 6.07) is 5.38. The van der Waals surface area contributed by atoms with E-state index in [4.69, 9.17) is 5.73 Å². The predicted octanol–water partition coefficient (Wildman–Crippen LogP) is 2.21. The number of esters is 1. The molecule has 0 aliphatic carbocycles. The van der Waals surface area contributed by atoms with Gasteiger partial charge in [-0.15, -0.1) is 11.3 Å². The van der Waals surface area contributed by atoms with Gasteiger partial charge in [0.1, 0.15) is 11.9 Å². The molecule has 0 saturated carbocycles. The van der Waals surface area contributed by atoms with Crippen molar-refractivity contribution < 1.29 is 13.9 Å². The molecule has 1 atom stereocenters. The first-order chi connectivity index (χ1) is 7.61. The van der Waals surface area contributed by atoms with Crippen molar-refractivity contribution in [3.05, 3.63) is 35.0 Å². The molecule has 2 rings (SSSR count). The molecule has 16 heavy (non-hydrogen) atoms. The largest absolute Gasteiger partial charge is 0.468 e. The lowest BCUT2D eigenvalue weighted by molar-refractivity contribution is -0.142. The molecular formula is C11H10FNO2S. The summed E-state index contributed by atoms with van der Waals surface area (Å²) in [5.74, 6) is -0.796. The van der Waals surface area contributed by atoms with E-state index >= 15 is 0 Å². The van der Waals surface area contributed by atoms with Gasteiger partial charge in [-0.25, -0.2) is 9.18 Å². The molecule has 1 heterocycles. The minimum atomic E-state index is -0.800. The van der Waals surface area contributed by atoms with E-state index in [0.29, 0.717) is 4.88 Å². The summed E-state index contributed by atoms with van der Waals surface area (Å²) < 4.78 is 18.4. The fraction of sp³-hybridized carbons (Fsp3) is 0.182. The number of carbonyl (C=O) groups excluding carboxylic acids is 1. The highest BCUT2D eigenvalue weighted by Crippen LogP contribution is 2.29. The molecule has 0 spiro atoms. The minimum Gasteiger partial charge on any atom is -0.468 e. The summed E-state index contributed by atoms with van der Waals surface area (Å²) >= 11 is 1.37. The van der Waals surface area contributed by atoms with Crippen molar-refractivity contribution in [2.75, 3.05) is 7.11 Å². The second-order valence-corrected chi connectivity index (χ2v) is 4.45. The highest BCUT2D eigenvalue weighted by atomic mass is 32.1. The number of ether oxygens (including phenoxy) is 1. The Morgan fingerprint density at radius 1 is 1.50 bits per heavy atom. The third-order valence-electron chi connectivity index (χ3n) is 2.26. The zero-order valence-electron chi connectivity index (χ0n) is 8.57. The van der Waals surface area contributed by atoms with Gasteiger partial charge in [0.2, 0.25) is 0 Å². The SMILES string of the molecule is COC(=O)C(N)c1cc2cc(F)ccc2s1. The normalized spacial score (nSPS) is 12.7. The predicted molar refractivity (Wildman–Crippen MR) is 60.7 cm³/mol. The van der Waals surface area contributed by atoms with Gasteiger partial charge >= 0.3 is 5.97 Å². The molecule has 1 aromatic carbocycles. The van der Waals surface area contributed by atoms with Crippen LogP contribution in [0, 0.1) is 5.82 Å². The smallest absolute Gasteiger partial charge is 0.328 e. The number of benzene rings is 1. The standard InChI is InChI=1S/C11H10FNO2S/c1-15-11(14)10(13)9-5-6-4-7(12)2-3-8(6)16-9/h2-5,10H,13H2,1H3. The number of thiophene rings is 1. The van der Waals surface area contributed by atoms with Crippen LogP contribution >= 0.6 is 11.3 Å². The van der Waals surface area contributed by atoms with Crippen LogP contribution in [0.25, 0.3) is 10.1 Å². The quantitative estimate of drug-likeness (QED) is 0.817. The van der Waals surface area contributed by atoms with Crippen LogP contribution in [0.4, 0.5) is 4.39 Å². The van der Waals surface area contributed by atoms with Crippen LogP contribution in [0.5, 0.6) is 0 Å². The summed E-state index contributed by atoms with van der Waals surface area (Å²) in [6.07, 6.45) is 0. The molecule has 1 unspecified atom stereocenters. The van der Waals surface area contributed by atoms with Crippen molar-refractivity contribution in [3.63, 3.8) is 0 Å². The third kappa shape index (κ3) is 1.91. The first-order valence-corrected chi connectivity index (χ1v) is 5.46. The zero-order chi connectivity index (χ0) is 11.7. The second kappa shape index (κ2) is 4.19. The molecule has 0 aliphatic heterocycles. The van der Waals surface area contributed by atoms with Crippen LogP contribution in [-0.2, 0) is 9.53 Å². The lowest BCUT2D eigenvalue weighted by atomic mass is 10.2. The van der Waals surface area contributed by atoms with Crippen LogP contribution in [0.3, 0.4) is 0 Å². The van der Waals surface area contributed by atoms with E-state index in [9.17, 15) is 9.18 Å². The van der Waals surface area contributed by atoms with Crippen molar-refractivity contribution in [2.24, 2.45) is 5.73 Å². The monoisotopic (exact) mass is 239 g/mol. The number of methoxy groups -OCH3 is 1. The Morgan fingerprint density at radius 3 is 2.94 bits per heavy atom. The van der Waals surface area contributed by atoms with Gasteiger partial charge in [0, 0.05) is 9.58 Å². The number of nitrogens with two attached hydrogens (primary N) is 1. The summed E-state index contributed by atoms with van der Waals surface area (Å²) in [5.41, 5.74) is 5.69. The maximum atomic E-state index is 13.0. The molecule has 0 aliphatic rings. The second-order valence-electron chi connectivity index (χ2n) is 3.33. The van der Waals surface area contributed by atoms with Gasteiger partial charge in [0.15, 0.2) is 0 Å². The molecule has 0 amide bonds. The fourth-order valence-corrected chi connectivity index (χ4v) is 2.47. The molecule has 0 radical (unpaired) electrons. The van der Waals surface area contributed by atoms with Gasteiger partial charge in [0.25, 0.3) is 0 Å². The number of halogens is 1. The van der Waals surface area contributed by atoms with E-state index < -0.39 is 12.0 Å². The van der Waals surface area contributed by atoms with Gasteiger partial charge in [-0.1, -0.05) is 0 Å². The van der Waals surface area contributed by atoms with E-state index in [-0.39, 0.29) is 5.82 Å². The van der Waals surface area contributed by atoms with Crippen LogP contribution in [-0.4, -0.2) is 13.1 Å². The number of hydrogen-bond acceptors (Lipinski definition) is 4. The summed E-state index contributed by atoms with van der Waals surface area (Å²) in [6.45, 7) is 0. The lowest BCUT2D eigenvalue weighted by Crippen LogP contribution is -2.21. The molecule has 0 fully saturated rings. The molecular weight excluding hydrogens is 229 g/mol. The highest BCUT2D eigenvalue weighted by molar-refractivity contribution is 7.19. The molecule has 0 saturated heterocycles. The Morgan fingerprint density at radius 2 is 2.25 bits per heavy atom. The minimum absolute atomic E-state index is 0.302. The topological polar surface area (TPSA) is 52.3 Å². The zero-order valence-corrected chi connectivity index (χ0v) is 9.38. The average Bonchev–Trinajstić information content (AvgIpc) is 2.69. The van der Waals surface area contributed by atoms with Crippen LogP contribution in [0.15, 0.2) is 24.3 Å².